The lowest BCUT2D eigenvalue weighted by molar-refractivity contribution is 0.311. The van der Waals surface area contributed by atoms with Crippen LogP contribution in [0.1, 0.15) is 12.0 Å². The van der Waals surface area contributed by atoms with Gasteiger partial charge in [0.05, 0.1) is 12.4 Å². The van der Waals surface area contributed by atoms with Crippen molar-refractivity contribution >= 4 is 40.0 Å². The molecule has 0 aliphatic carbocycles. The summed E-state index contributed by atoms with van der Waals surface area (Å²) in [4.78, 5) is 4.10. The molecule has 7 nitrogen and oxygen atoms in total. The van der Waals surface area contributed by atoms with Crippen LogP contribution in [-0.2, 0) is 16.6 Å². The number of hydrogen-bond acceptors (Lipinski definition) is 4. The second-order valence-corrected chi connectivity index (χ2v) is 7.99. The van der Waals surface area contributed by atoms with E-state index in [1.54, 1.807) is 7.05 Å². The zero-order chi connectivity index (χ0) is 20.1. The van der Waals surface area contributed by atoms with Gasteiger partial charge in [0.25, 0.3) is 0 Å². The highest BCUT2D eigenvalue weighted by molar-refractivity contribution is 14.0. The Bertz CT molecular complexity index is 818. The van der Waals surface area contributed by atoms with Gasteiger partial charge in [0, 0.05) is 26.7 Å². The zero-order valence-electron chi connectivity index (χ0n) is 16.5. The molecule has 0 aromatic heterocycles. The van der Waals surface area contributed by atoms with E-state index in [2.05, 4.69) is 20.3 Å². The van der Waals surface area contributed by atoms with E-state index in [1.165, 1.54) is 0 Å². The molecule has 0 bridgehead atoms. The summed E-state index contributed by atoms with van der Waals surface area (Å²) in [6.45, 7) is 1.82. The topological polar surface area (TPSA) is 91.8 Å². The summed E-state index contributed by atoms with van der Waals surface area (Å²) in [6.07, 6.45) is 0.798. The van der Waals surface area contributed by atoms with Crippen molar-refractivity contribution in [2.45, 2.75) is 13.0 Å². The minimum absolute atomic E-state index is 0. The Kier molecular flexibility index (Phi) is 12.3. The maximum absolute atomic E-state index is 12.1. The van der Waals surface area contributed by atoms with Crippen LogP contribution in [0.25, 0.3) is 0 Å². The quantitative estimate of drug-likeness (QED) is 0.179. The summed E-state index contributed by atoms with van der Waals surface area (Å²) in [5.74, 6) is 1.38. The molecule has 2 rings (SSSR count). The van der Waals surface area contributed by atoms with Crippen molar-refractivity contribution in [3.63, 3.8) is 0 Å². The molecule has 0 saturated carbocycles. The van der Waals surface area contributed by atoms with Gasteiger partial charge in [0.15, 0.2) is 5.96 Å². The van der Waals surface area contributed by atoms with Crippen molar-refractivity contribution < 1.29 is 13.2 Å². The molecule has 0 aliphatic heterocycles. The second kappa shape index (κ2) is 14.2. The molecule has 0 saturated heterocycles. The first-order valence-electron chi connectivity index (χ1n) is 9.23. The number of ether oxygens (including phenoxy) is 1. The first-order valence-corrected chi connectivity index (χ1v) is 10.9. The van der Waals surface area contributed by atoms with Crippen LogP contribution in [0.2, 0.25) is 0 Å². The van der Waals surface area contributed by atoms with E-state index in [-0.39, 0.29) is 42.8 Å². The maximum atomic E-state index is 12.1. The van der Waals surface area contributed by atoms with Gasteiger partial charge in [0.1, 0.15) is 5.75 Å². The first-order chi connectivity index (χ1) is 13.6. The van der Waals surface area contributed by atoms with Crippen molar-refractivity contribution in [2.75, 3.05) is 32.5 Å². The molecule has 2 aromatic rings. The normalized spacial score (nSPS) is 11.4. The van der Waals surface area contributed by atoms with E-state index >= 15 is 0 Å². The summed E-state index contributed by atoms with van der Waals surface area (Å²) in [5.41, 5.74) is 0.925. The molecule has 0 radical (unpaired) electrons. The molecule has 0 aliphatic rings. The Morgan fingerprint density at radius 3 is 2.24 bits per heavy atom. The predicted molar refractivity (Wildman–Crippen MR) is 128 cm³/mol. The number of nitrogens with zero attached hydrogens (tertiary/aromatic N) is 1. The Hall–Kier alpha value is -1.85. The van der Waals surface area contributed by atoms with Crippen molar-refractivity contribution in [2.24, 2.45) is 4.99 Å². The summed E-state index contributed by atoms with van der Waals surface area (Å²) >= 11 is 0. The van der Waals surface area contributed by atoms with Gasteiger partial charge in [-0.1, -0.05) is 48.5 Å². The number of aliphatic imine (C=N–C) groups is 1. The van der Waals surface area contributed by atoms with Crippen molar-refractivity contribution in [1.82, 2.24) is 15.4 Å². The number of nitrogens with one attached hydrogen (secondary N) is 3. The molecule has 0 heterocycles. The minimum atomic E-state index is -3.36. The Morgan fingerprint density at radius 2 is 1.59 bits per heavy atom. The fourth-order valence-corrected chi connectivity index (χ4v) is 3.27. The van der Waals surface area contributed by atoms with E-state index in [0.29, 0.717) is 19.1 Å². The number of sulfonamides is 1. The average molecular weight is 532 g/mol. The third-order valence-corrected chi connectivity index (χ3v) is 5.18. The predicted octanol–water partition coefficient (Wildman–Crippen LogP) is 2.36. The minimum Gasteiger partial charge on any atom is -0.494 e. The molecule has 0 fully saturated rings. The number of benzene rings is 2. The third-order valence-electron chi connectivity index (χ3n) is 3.85. The van der Waals surface area contributed by atoms with E-state index < -0.39 is 10.0 Å². The summed E-state index contributed by atoms with van der Waals surface area (Å²) in [6, 6.07) is 19.1. The molecule has 0 unspecified atom stereocenters. The maximum Gasteiger partial charge on any atom is 0.213 e. The van der Waals surface area contributed by atoms with Gasteiger partial charge in [-0.2, -0.15) is 0 Å². The number of rotatable bonds is 11. The fraction of sp³-hybridized carbons (Fsp3) is 0.350. The average Bonchev–Trinajstić information content (AvgIpc) is 2.72. The van der Waals surface area contributed by atoms with Crippen LogP contribution in [0.4, 0.5) is 0 Å². The summed E-state index contributed by atoms with van der Waals surface area (Å²) < 4.78 is 32.4. The van der Waals surface area contributed by atoms with E-state index in [9.17, 15) is 8.42 Å². The van der Waals surface area contributed by atoms with E-state index in [1.807, 2.05) is 60.7 Å². The largest absolute Gasteiger partial charge is 0.494 e. The monoisotopic (exact) mass is 532 g/mol. The highest BCUT2D eigenvalue weighted by Gasteiger charge is 2.10. The molecule has 29 heavy (non-hydrogen) atoms. The highest BCUT2D eigenvalue weighted by atomic mass is 127. The third kappa shape index (κ3) is 11.1. The second-order valence-electron chi connectivity index (χ2n) is 6.07. The van der Waals surface area contributed by atoms with Crippen LogP contribution in [0.15, 0.2) is 65.7 Å². The molecular formula is C20H29IN4O3S. The molecule has 0 atom stereocenters. The first kappa shape index (κ1) is 25.2. The van der Waals surface area contributed by atoms with Gasteiger partial charge >= 0.3 is 0 Å². The zero-order valence-corrected chi connectivity index (χ0v) is 19.7. The highest BCUT2D eigenvalue weighted by Crippen LogP contribution is 2.08. The lowest BCUT2D eigenvalue weighted by atomic mass is 10.2. The van der Waals surface area contributed by atoms with Gasteiger partial charge in [-0.15, -0.1) is 24.0 Å². The number of hydrogen-bond donors (Lipinski definition) is 3. The summed E-state index contributed by atoms with van der Waals surface area (Å²) in [7, 11) is -1.71. The number of guanidine groups is 1. The van der Waals surface area contributed by atoms with Crippen molar-refractivity contribution in [3.05, 3.63) is 66.2 Å². The molecule has 9 heteroatoms. The Labute approximate surface area is 190 Å². The van der Waals surface area contributed by atoms with Gasteiger partial charge in [-0.3, -0.25) is 4.99 Å². The van der Waals surface area contributed by atoms with Crippen LogP contribution in [0, 0.1) is 0 Å². The van der Waals surface area contributed by atoms with Crippen molar-refractivity contribution in [3.8, 4) is 5.75 Å². The lowest BCUT2D eigenvalue weighted by Gasteiger charge is -2.13. The lowest BCUT2D eigenvalue weighted by Crippen LogP contribution is -2.41. The Morgan fingerprint density at radius 1 is 0.966 bits per heavy atom. The molecule has 2 aromatic carbocycles. The van der Waals surface area contributed by atoms with E-state index in [0.717, 1.165) is 17.7 Å². The molecule has 160 valence electrons. The fourth-order valence-electron chi connectivity index (χ4n) is 2.37. The van der Waals surface area contributed by atoms with E-state index in [4.69, 9.17) is 4.74 Å². The standard InChI is InChI=1S/C20H28N4O3S.HI/c1-21-20(22-13-8-15-27-19-11-6-3-7-12-19)23-14-16-28(25,26)24-17-18-9-4-2-5-10-18;/h2-7,9-12,24H,8,13-17H2,1H3,(H2,21,22,23);1H. The molecule has 0 spiro atoms. The SMILES string of the molecule is CN=C(NCCCOc1ccccc1)NCCS(=O)(=O)NCc1ccccc1.I. The number of para-hydroxylation sites is 1. The summed E-state index contributed by atoms with van der Waals surface area (Å²) in [5, 5.41) is 6.15. The van der Waals surface area contributed by atoms with Crippen LogP contribution in [-0.4, -0.2) is 46.9 Å². The van der Waals surface area contributed by atoms with Crippen LogP contribution in [0.3, 0.4) is 0 Å². The van der Waals surface area contributed by atoms with Gasteiger partial charge in [-0.05, 0) is 24.1 Å². The number of halogens is 1. The molecule has 3 N–H and O–H groups in total. The molecular weight excluding hydrogens is 503 g/mol. The van der Waals surface area contributed by atoms with Gasteiger partial charge in [0.2, 0.25) is 10.0 Å². The van der Waals surface area contributed by atoms with Crippen LogP contribution < -0.4 is 20.1 Å². The Balaban J connectivity index is 0.00000420. The van der Waals surface area contributed by atoms with Crippen LogP contribution >= 0.6 is 24.0 Å². The van der Waals surface area contributed by atoms with Crippen molar-refractivity contribution in [1.29, 1.82) is 0 Å². The van der Waals surface area contributed by atoms with Gasteiger partial charge < -0.3 is 15.4 Å². The van der Waals surface area contributed by atoms with Crippen LogP contribution in [0.5, 0.6) is 5.75 Å². The van der Waals surface area contributed by atoms with Gasteiger partial charge in [-0.25, -0.2) is 13.1 Å². The smallest absolute Gasteiger partial charge is 0.213 e. The molecule has 0 amide bonds.